The molecule has 1 aromatic rings. The van der Waals surface area contributed by atoms with Gasteiger partial charge in [0.15, 0.2) is 0 Å². The van der Waals surface area contributed by atoms with Gasteiger partial charge in [0.2, 0.25) is 0 Å². The quantitative estimate of drug-likeness (QED) is 0.792. The van der Waals surface area contributed by atoms with E-state index in [-0.39, 0.29) is 0 Å². The Bertz CT molecular complexity index is 398. The predicted molar refractivity (Wildman–Crippen MR) is 58.4 cm³/mol. The summed E-state index contributed by atoms with van der Waals surface area (Å²) in [6.45, 7) is 3.60. The summed E-state index contributed by atoms with van der Waals surface area (Å²) < 4.78 is 4.84. The molecule has 0 aromatic heterocycles. The van der Waals surface area contributed by atoms with Crippen molar-refractivity contribution < 1.29 is 19.4 Å². The van der Waals surface area contributed by atoms with Crippen LogP contribution in [0.4, 0.5) is 0 Å². The van der Waals surface area contributed by atoms with Gasteiger partial charge in [0.05, 0.1) is 18.1 Å². The molecule has 4 nitrogen and oxygen atoms in total. The van der Waals surface area contributed by atoms with Gasteiger partial charge in [-0.3, -0.25) is 4.79 Å². The fraction of sp³-hybridized carbons (Fsp3) is 0.333. The molecule has 0 aliphatic heterocycles. The molecule has 16 heavy (non-hydrogen) atoms. The predicted octanol–water partition coefficient (Wildman–Crippen LogP) is 2.05. The van der Waals surface area contributed by atoms with Gasteiger partial charge in [0, 0.05) is 0 Å². The Balaban J connectivity index is 2.95. The summed E-state index contributed by atoms with van der Waals surface area (Å²) in [5, 5.41) is 8.85. The Hall–Kier alpha value is -1.84. The molecule has 0 fully saturated rings. The molecule has 0 bridgehead atoms. The van der Waals surface area contributed by atoms with Gasteiger partial charge in [0.25, 0.3) is 0 Å². The van der Waals surface area contributed by atoms with E-state index in [0.29, 0.717) is 17.7 Å². The van der Waals surface area contributed by atoms with Crippen molar-refractivity contribution in [1.29, 1.82) is 0 Å². The third kappa shape index (κ3) is 2.82. The van der Waals surface area contributed by atoms with E-state index in [1.165, 1.54) is 0 Å². The van der Waals surface area contributed by atoms with E-state index < -0.39 is 17.9 Å². The van der Waals surface area contributed by atoms with Crippen molar-refractivity contribution in [2.75, 3.05) is 6.61 Å². The highest BCUT2D eigenvalue weighted by Crippen LogP contribution is 2.17. The third-order valence-corrected chi connectivity index (χ3v) is 2.27. The van der Waals surface area contributed by atoms with E-state index >= 15 is 0 Å². The maximum Gasteiger partial charge on any atom is 0.338 e. The van der Waals surface area contributed by atoms with Gasteiger partial charge in [-0.2, -0.15) is 0 Å². The number of ether oxygens (including phenoxy) is 1. The molecule has 1 aromatic carbocycles. The Kier molecular flexibility index (Phi) is 4.05. The lowest BCUT2D eigenvalue weighted by Gasteiger charge is -2.08. The summed E-state index contributed by atoms with van der Waals surface area (Å²) in [4.78, 5) is 22.2. The lowest BCUT2D eigenvalue weighted by Crippen LogP contribution is -2.10. The smallest absolute Gasteiger partial charge is 0.338 e. The fourth-order valence-electron chi connectivity index (χ4n) is 1.29. The van der Waals surface area contributed by atoms with Crippen LogP contribution in [-0.4, -0.2) is 23.7 Å². The molecule has 0 aliphatic rings. The second-order valence-electron chi connectivity index (χ2n) is 3.41. The zero-order valence-corrected chi connectivity index (χ0v) is 9.27. The summed E-state index contributed by atoms with van der Waals surface area (Å²) in [7, 11) is 0. The minimum atomic E-state index is -0.916. The van der Waals surface area contributed by atoms with Crippen LogP contribution in [0.2, 0.25) is 0 Å². The fourth-order valence-corrected chi connectivity index (χ4v) is 1.29. The molecule has 4 heteroatoms. The number of hydrogen-bond acceptors (Lipinski definition) is 3. The average Bonchev–Trinajstić information content (AvgIpc) is 2.28. The second-order valence-corrected chi connectivity index (χ2v) is 3.41. The molecule has 0 spiro atoms. The SMILES string of the molecule is CCOC(=O)c1cccc(C(C)C(=O)O)c1. The zero-order valence-electron chi connectivity index (χ0n) is 9.27. The van der Waals surface area contributed by atoms with Crippen LogP contribution in [0.15, 0.2) is 24.3 Å². The largest absolute Gasteiger partial charge is 0.481 e. The topological polar surface area (TPSA) is 63.6 Å². The number of aliphatic carboxylic acids is 1. The first-order valence-corrected chi connectivity index (χ1v) is 5.06. The molecule has 0 heterocycles. The van der Waals surface area contributed by atoms with Crippen molar-refractivity contribution >= 4 is 11.9 Å². The first-order chi connectivity index (χ1) is 7.56. The highest BCUT2D eigenvalue weighted by atomic mass is 16.5. The van der Waals surface area contributed by atoms with Crippen molar-refractivity contribution in [3.8, 4) is 0 Å². The van der Waals surface area contributed by atoms with Crippen LogP contribution >= 0.6 is 0 Å². The van der Waals surface area contributed by atoms with Crippen LogP contribution in [-0.2, 0) is 9.53 Å². The first kappa shape index (κ1) is 12.2. The van der Waals surface area contributed by atoms with Crippen LogP contribution in [0.25, 0.3) is 0 Å². The van der Waals surface area contributed by atoms with E-state index in [0.717, 1.165) is 0 Å². The summed E-state index contributed by atoms with van der Waals surface area (Å²) in [5.41, 5.74) is 0.977. The molecule has 86 valence electrons. The molecule has 0 amide bonds. The minimum Gasteiger partial charge on any atom is -0.481 e. The van der Waals surface area contributed by atoms with Crippen LogP contribution in [0.1, 0.15) is 35.7 Å². The van der Waals surface area contributed by atoms with Gasteiger partial charge < -0.3 is 9.84 Å². The average molecular weight is 222 g/mol. The highest BCUT2D eigenvalue weighted by Gasteiger charge is 2.15. The van der Waals surface area contributed by atoms with Crippen molar-refractivity contribution in [3.05, 3.63) is 35.4 Å². The summed E-state index contributed by atoms with van der Waals surface area (Å²) in [6.07, 6.45) is 0. The lowest BCUT2D eigenvalue weighted by atomic mass is 9.99. The van der Waals surface area contributed by atoms with Gasteiger partial charge in [-0.15, -0.1) is 0 Å². The normalized spacial score (nSPS) is 11.9. The van der Waals surface area contributed by atoms with Crippen LogP contribution in [0, 0.1) is 0 Å². The van der Waals surface area contributed by atoms with Crippen molar-refractivity contribution in [1.82, 2.24) is 0 Å². The highest BCUT2D eigenvalue weighted by molar-refractivity contribution is 5.90. The molecule has 1 atom stereocenters. The number of carboxylic acid groups (broad SMARTS) is 1. The number of benzene rings is 1. The van der Waals surface area contributed by atoms with Crippen molar-refractivity contribution in [3.63, 3.8) is 0 Å². The molecular formula is C12H14O4. The van der Waals surface area contributed by atoms with Gasteiger partial charge in [-0.1, -0.05) is 12.1 Å². The Morgan fingerprint density at radius 2 is 2.12 bits per heavy atom. The standard InChI is InChI=1S/C12H14O4/c1-3-16-12(15)10-6-4-5-9(7-10)8(2)11(13)14/h4-8H,3H2,1-2H3,(H,13,14). The second kappa shape index (κ2) is 5.30. The Labute approximate surface area is 93.9 Å². The maximum atomic E-state index is 11.4. The van der Waals surface area contributed by atoms with Gasteiger partial charge in [0.1, 0.15) is 0 Å². The number of hydrogen-bond donors (Lipinski definition) is 1. The van der Waals surface area contributed by atoms with Gasteiger partial charge in [-0.05, 0) is 31.5 Å². The van der Waals surface area contributed by atoms with Crippen molar-refractivity contribution in [2.45, 2.75) is 19.8 Å². The maximum absolute atomic E-state index is 11.4. The molecule has 1 rings (SSSR count). The van der Waals surface area contributed by atoms with Gasteiger partial charge >= 0.3 is 11.9 Å². The lowest BCUT2D eigenvalue weighted by molar-refractivity contribution is -0.138. The summed E-state index contributed by atoms with van der Waals surface area (Å²) in [5.74, 6) is -1.97. The van der Waals surface area contributed by atoms with E-state index in [4.69, 9.17) is 9.84 Å². The molecule has 0 radical (unpaired) electrons. The Morgan fingerprint density at radius 3 is 2.69 bits per heavy atom. The molecule has 0 saturated heterocycles. The molecule has 0 saturated carbocycles. The summed E-state index contributed by atoms with van der Waals surface area (Å²) in [6, 6.07) is 6.50. The van der Waals surface area contributed by atoms with E-state index in [1.807, 2.05) is 0 Å². The zero-order chi connectivity index (χ0) is 12.1. The molecule has 1 unspecified atom stereocenters. The van der Waals surface area contributed by atoms with Crippen LogP contribution in [0.5, 0.6) is 0 Å². The number of carboxylic acids is 1. The summed E-state index contributed by atoms with van der Waals surface area (Å²) >= 11 is 0. The van der Waals surface area contributed by atoms with Crippen molar-refractivity contribution in [2.24, 2.45) is 0 Å². The molecule has 0 aliphatic carbocycles. The third-order valence-electron chi connectivity index (χ3n) is 2.27. The number of rotatable bonds is 4. The minimum absolute atomic E-state index is 0.303. The first-order valence-electron chi connectivity index (χ1n) is 5.06. The van der Waals surface area contributed by atoms with Crippen LogP contribution in [0.3, 0.4) is 0 Å². The number of carbonyl (C=O) groups excluding carboxylic acids is 1. The number of carbonyl (C=O) groups is 2. The monoisotopic (exact) mass is 222 g/mol. The Morgan fingerprint density at radius 1 is 1.44 bits per heavy atom. The van der Waals surface area contributed by atoms with E-state index in [1.54, 1.807) is 38.1 Å². The number of esters is 1. The van der Waals surface area contributed by atoms with Crippen LogP contribution < -0.4 is 0 Å². The van der Waals surface area contributed by atoms with Gasteiger partial charge in [-0.25, -0.2) is 4.79 Å². The van der Waals surface area contributed by atoms with E-state index in [9.17, 15) is 9.59 Å². The molecule has 1 N–H and O–H groups in total. The van der Waals surface area contributed by atoms with E-state index in [2.05, 4.69) is 0 Å². The molecular weight excluding hydrogens is 208 g/mol.